The highest BCUT2D eigenvalue weighted by Crippen LogP contribution is 2.29. The lowest BCUT2D eigenvalue weighted by molar-refractivity contribution is 0.297. The SMILES string of the molecule is O=S(=O)(NCCC1CCC1)c1ccc(Cl)c(Br)c1. The molecule has 6 heteroatoms. The fourth-order valence-electron chi connectivity index (χ4n) is 1.91. The Labute approximate surface area is 121 Å². The van der Waals surface area contributed by atoms with Crippen molar-refractivity contribution in [2.75, 3.05) is 6.54 Å². The van der Waals surface area contributed by atoms with Crippen LogP contribution in [0.3, 0.4) is 0 Å². The van der Waals surface area contributed by atoms with Gasteiger partial charge in [0.25, 0.3) is 0 Å². The summed E-state index contributed by atoms with van der Waals surface area (Å²) in [5, 5.41) is 0.503. The van der Waals surface area contributed by atoms with Crippen LogP contribution in [0.15, 0.2) is 27.6 Å². The van der Waals surface area contributed by atoms with E-state index in [1.165, 1.54) is 31.4 Å². The highest BCUT2D eigenvalue weighted by atomic mass is 79.9. The summed E-state index contributed by atoms with van der Waals surface area (Å²) in [6.45, 7) is 0.507. The topological polar surface area (TPSA) is 46.2 Å². The number of sulfonamides is 1. The molecule has 1 saturated carbocycles. The molecule has 0 radical (unpaired) electrons. The maximum Gasteiger partial charge on any atom is 0.240 e. The first kappa shape index (κ1) is 14.3. The second-order valence-electron chi connectivity index (χ2n) is 4.56. The van der Waals surface area contributed by atoms with E-state index < -0.39 is 10.0 Å². The van der Waals surface area contributed by atoms with Gasteiger partial charge in [0, 0.05) is 11.0 Å². The van der Waals surface area contributed by atoms with Crippen molar-refractivity contribution in [1.82, 2.24) is 4.72 Å². The summed E-state index contributed by atoms with van der Waals surface area (Å²) in [5.74, 6) is 0.699. The molecule has 1 aromatic carbocycles. The van der Waals surface area contributed by atoms with Crippen LogP contribution in [-0.2, 0) is 10.0 Å². The van der Waals surface area contributed by atoms with Crippen molar-refractivity contribution in [1.29, 1.82) is 0 Å². The zero-order valence-electron chi connectivity index (χ0n) is 9.83. The Hall–Kier alpha value is -0.100. The Morgan fingerprint density at radius 2 is 2.11 bits per heavy atom. The molecule has 0 amide bonds. The first-order valence-corrected chi connectivity index (χ1v) is 8.59. The van der Waals surface area contributed by atoms with Crippen LogP contribution in [0.1, 0.15) is 25.7 Å². The van der Waals surface area contributed by atoms with E-state index in [1.54, 1.807) is 6.07 Å². The van der Waals surface area contributed by atoms with E-state index in [9.17, 15) is 8.42 Å². The third-order valence-electron chi connectivity index (χ3n) is 3.27. The van der Waals surface area contributed by atoms with Crippen molar-refractivity contribution in [3.8, 4) is 0 Å². The van der Waals surface area contributed by atoms with Crippen LogP contribution in [0.4, 0.5) is 0 Å². The quantitative estimate of drug-likeness (QED) is 0.880. The van der Waals surface area contributed by atoms with Crippen LogP contribution in [0.25, 0.3) is 0 Å². The van der Waals surface area contributed by atoms with Crippen LogP contribution >= 0.6 is 27.5 Å². The van der Waals surface area contributed by atoms with Gasteiger partial charge in [0.1, 0.15) is 0 Å². The summed E-state index contributed by atoms with van der Waals surface area (Å²) >= 11 is 9.07. The second-order valence-corrected chi connectivity index (χ2v) is 7.59. The Morgan fingerprint density at radius 1 is 1.39 bits per heavy atom. The summed E-state index contributed by atoms with van der Waals surface area (Å²) in [4.78, 5) is 0.243. The molecular weight excluding hydrogens is 338 g/mol. The lowest BCUT2D eigenvalue weighted by Gasteiger charge is -2.25. The largest absolute Gasteiger partial charge is 0.240 e. The van der Waals surface area contributed by atoms with Crippen molar-refractivity contribution >= 4 is 37.6 Å². The third-order valence-corrected chi connectivity index (χ3v) is 5.94. The van der Waals surface area contributed by atoms with Gasteiger partial charge in [-0.1, -0.05) is 30.9 Å². The van der Waals surface area contributed by atoms with Gasteiger partial charge in [-0.25, -0.2) is 13.1 Å². The van der Waals surface area contributed by atoms with Gasteiger partial charge < -0.3 is 0 Å². The van der Waals surface area contributed by atoms with Crippen molar-refractivity contribution in [3.63, 3.8) is 0 Å². The minimum atomic E-state index is -3.42. The fourth-order valence-corrected chi connectivity index (χ4v) is 3.63. The van der Waals surface area contributed by atoms with Crippen LogP contribution in [-0.4, -0.2) is 15.0 Å². The predicted molar refractivity (Wildman–Crippen MR) is 76.3 cm³/mol. The lowest BCUT2D eigenvalue weighted by atomic mass is 9.83. The smallest absolute Gasteiger partial charge is 0.211 e. The van der Waals surface area contributed by atoms with E-state index in [0.29, 0.717) is 22.0 Å². The van der Waals surface area contributed by atoms with Crippen LogP contribution in [0.2, 0.25) is 5.02 Å². The molecule has 0 aliphatic heterocycles. The highest BCUT2D eigenvalue weighted by molar-refractivity contribution is 9.10. The molecule has 2 rings (SSSR count). The molecule has 0 bridgehead atoms. The molecule has 0 heterocycles. The monoisotopic (exact) mass is 351 g/mol. The molecule has 100 valence electrons. The van der Waals surface area contributed by atoms with Gasteiger partial charge >= 0.3 is 0 Å². The molecule has 1 aliphatic carbocycles. The molecule has 1 N–H and O–H groups in total. The average Bonchev–Trinajstić information content (AvgIpc) is 2.25. The van der Waals surface area contributed by atoms with Crippen molar-refractivity contribution in [2.24, 2.45) is 5.92 Å². The Balaban J connectivity index is 1.98. The maximum atomic E-state index is 12.0. The van der Waals surface area contributed by atoms with Gasteiger partial charge in [-0.2, -0.15) is 0 Å². The van der Waals surface area contributed by atoms with Gasteiger partial charge in [0.2, 0.25) is 10.0 Å². The third kappa shape index (κ3) is 3.47. The van der Waals surface area contributed by atoms with Crippen LogP contribution in [0.5, 0.6) is 0 Å². The maximum absolute atomic E-state index is 12.0. The van der Waals surface area contributed by atoms with Crippen molar-refractivity contribution in [2.45, 2.75) is 30.6 Å². The summed E-state index contributed by atoms with van der Waals surface area (Å²) in [6.07, 6.45) is 4.66. The van der Waals surface area contributed by atoms with E-state index in [-0.39, 0.29) is 4.90 Å². The summed E-state index contributed by atoms with van der Waals surface area (Å²) < 4.78 is 27.2. The number of hydrogen-bond donors (Lipinski definition) is 1. The molecule has 0 aromatic heterocycles. The summed E-state index contributed by atoms with van der Waals surface area (Å²) in [5.41, 5.74) is 0. The van der Waals surface area contributed by atoms with Crippen molar-refractivity contribution in [3.05, 3.63) is 27.7 Å². The molecule has 18 heavy (non-hydrogen) atoms. The molecule has 1 aromatic rings. The van der Waals surface area contributed by atoms with Gasteiger partial charge in [0.15, 0.2) is 0 Å². The first-order valence-electron chi connectivity index (χ1n) is 5.94. The van der Waals surface area contributed by atoms with E-state index >= 15 is 0 Å². The number of nitrogens with one attached hydrogen (secondary N) is 1. The molecule has 0 spiro atoms. The Kier molecular flexibility index (Phi) is 4.69. The highest BCUT2D eigenvalue weighted by Gasteiger charge is 2.19. The lowest BCUT2D eigenvalue weighted by Crippen LogP contribution is -2.27. The first-order chi connectivity index (χ1) is 8.49. The van der Waals surface area contributed by atoms with E-state index in [4.69, 9.17) is 11.6 Å². The van der Waals surface area contributed by atoms with Crippen LogP contribution in [0, 0.1) is 5.92 Å². The van der Waals surface area contributed by atoms with E-state index in [0.717, 1.165) is 6.42 Å². The number of halogens is 2. The molecule has 0 atom stereocenters. The second kappa shape index (κ2) is 5.90. The van der Waals surface area contributed by atoms with E-state index in [2.05, 4.69) is 20.7 Å². The zero-order valence-corrected chi connectivity index (χ0v) is 13.0. The predicted octanol–water partition coefficient (Wildman–Crippen LogP) is 3.57. The van der Waals surface area contributed by atoms with E-state index in [1.807, 2.05) is 0 Å². The number of hydrogen-bond acceptors (Lipinski definition) is 2. The summed E-state index contributed by atoms with van der Waals surface area (Å²) in [7, 11) is -3.42. The van der Waals surface area contributed by atoms with Gasteiger partial charge in [-0.05, 0) is 46.5 Å². The molecule has 1 fully saturated rings. The normalized spacial score (nSPS) is 16.6. The average molecular weight is 353 g/mol. The minimum absolute atomic E-state index is 0.243. The number of rotatable bonds is 5. The zero-order chi connectivity index (χ0) is 13.2. The van der Waals surface area contributed by atoms with Crippen molar-refractivity contribution < 1.29 is 8.42 Å². The Bertz CT molecular complexity index is 529. The minimum Gasteiger partial charge on any atom is -0.211 e. The molecule has 0 saturated heterocycles. The molecule has 0 unspecified atom stereocenters. The van der Waals surface area contributed by atoms with Gasteiger partial charge in [0.05, 0.1) is 9.92 Å². The molecule has 1 aliphatic rings. The molecular formula is C12H15BrClNO2S. The van der Waals surface area contributed by atoms with Gasteiger partial charge in [-0.15, -0.1) is 0 Å². The van der Waals surface area contributed by atoms with Gasteiger partial charge in [-0.3, -0.25) is 0 Å². The standard InChI is InChI=1S/C12H15BrClNO2S/c13-11-8-10(4-5-12(11)14)18(16,17)15-7-6-9-2-1-3-9/h4-5,8-9,15H,1-3,6-7H2. The summed E-state index contributed by atoms with van der Waals surface area (Å²) in [6, 6.07) is 4.61. The molecule has 3 nitrogen and oxygen atoms in total. The Morgan fingerprint density at radius 3 is 2.67 bits per heavy atom. The van der Waals surface area contributed by atoms with Crippen LogP contribution < -0.4 is 4.72 Å². The number of benzene rings is 1. The fraction of sp³-hybridized carbons (Fsp3) is 0.500.